The molecule has 0 heterocycles. The Bertz CT molecular complexity index is 688. The fraction of sp³-hybridized carbons (Fsp3) is 0.316. The molecule has 5 heteroatoms. The fourth-order valence-electron chi connectivity index (χ4n) is 2.59. The number of quaternary nitrogens is 1. The van der Waals surface area contributed by atoms with Crippen LogP contribution in [0, 0.1) is 6.92 Å². The average molecular weight is 345 g/mol. The normalized spacial score (nSPS) is 11.9. The van der Waals surface area contributed by atoms with Crippen LogP contribution in [-0.2, 0) is 0 Å². The van der Waals surface area contributed by atoms with Crippen LogP contribution in [0.15, 0.2) is 48.5 Å². The summed E-state index contributed by atoms with van der Waals surface area (Å²) in [6, 6.07) is 16.6. The van der Waals surface area contributed by atoms with Crippen molar-refractivity contribution in [2.45, 2.75) is 13.0 Å². The van der Waals surface area contributed by atoms with Crippen LogP contribution >= 0.6 is 12.2 Å². The summed E-state index contributed by atoms with van der Waals surface area (Å²) < 4.78 is 5.33. The highest BCUT2D eigenvalue weighted by Crippen LogP contribution is 2.17. The topological polar surface area (TPSA) is 37.7 Å². The predicted octanol–water partition coefficient (Wildman–Crippen LogP) is 2.18. The van der Waals surface area contributed by atoms with Crippen molar-refractivity contribution < 1.29 is 9.64 Å². The van der Waals surface area contributed by atoms with Crippen molar-refractivity contribution >= 4 is 23.0 Å². The molecule has 0 saturated carbocycles. The first-order valence-electron chi connectivity index (χ1n) is 8.05. The van der Waals surface area contributed by atoms with Crippen LogP contribution in [0.1, 0.15) is 17.2 Å². The minimum absolute atomic E-state index is 0.275. The molecule has 0 spiro atoms. The molecule has 2 aromatic carbocycles. The van der Waals surface area contributed by atoms with Gasteiger partial charge in [0.1, 0.15) is 11.8 Å². The number of aryl methyl sites for hydroxylation is 1. The van der Waals surface area contributed by atoms with Gasteiger partial charge in [-0.25, -0.2) is 0 Å². The number of rotatable bonds is 6. The van der Waals surface area contributed by atoms with E-state index < -0.39 is 0 Å². The van der Waals surface area contributed by atoms with E-state index in [0.29, 0.717) is 5.11 Å². The smallest absolute Gasteiger partial charge is 0.171 e. The molecule has 0 aliphatic heterocycles. The van der Waals surface area contributed by atoms with Crippen molar-refractivity contribution in [2.24, 2.45) is 0 Å². The number of benzene rings is 2. The maximum Gasteiger partial charge on any atom is 0.171 e. The molecule has 2 rings (SSSR count). The van der Waals surface area contributed by atoms with Crippen molar-refractivity contribution in [1.29, 1.82) is 0 Å². The van der Waals surface area contributed by atoms with Gasteiger partial charge in [-0.1, -0.05) is 30.3 Å². The van der Waals surface area contributed by atoms with Gasteiger partial charge in [0.15, 0.2) is 5.11 Å². The molecule has 0 saturated heterocycles. The van der Waals surface area contributed by atoms with Crippen molar-refractivity contribution in [2.75, 3.05) is 33.1 Å². The molecule has 2 aromatic rings. The van der Waals surface area contributed by atoms with Gasteiger partial charge in [-0.2, -0.15) is 0 Å². The van der Waals surface area contributed by atoms with Gasteiger partial charge in [0.25, 0.3) is 0 Å². The van der Waals surface area contributed by atoms with Crippen LogP contribution in [0.4, 0.5) is 5.69 Å². The molecule has 0 amide bonds. The van der Waals surface area contributed by atoms with E-state index in [0.717, 1.165) is 18.0 Å². The number of likely N-dealkylation sites (N-methyl/N-ethyl adjacent to an activating group) is 1. The molecular formula is C19H26N3OS+. The Morgan fingerprint density at radius 2 is 1.92 bits per heavy atom. The van der Waals surface area contributed by atoms with Gasteiger partial charge >= 0.3 is 0 Å². The Morgan fingerprint density at radius 3 is 2.58 bits per heavy atom. The van der Waals surface area contributed by atoms with Gasteiger partial charge in [-0.3, -0.25) is 0 Å². The zero-order valence-corrected chi connectivity index (χ0v) is 15.5. The average Bonchev–Trinajstić information content (AvgIpc) is 2.57. The second-order valence-corrected chi connectivity index (χ2v) is 6.46. The van der Waals surface area contributed by atoms with E-state index in [2.05, 4.69) is 49.9 Å². The van der Waals surface area contributed by atoms with Crippen LogP contribution < -0.4 is 20.3 Å². The van der Waals surface area contributed by atoms with E-state index in [1.54, 1.807) is 7.11 Å². The molecule has 1 atom stereocenters. The second-order valence-electron chi connectivity index (χ2n) is 6.06. The molecule has 0 aliphatic rings. The summed E-state index contributed by atoms with van der Waals surface area (Å²) in [5.41, 5.74) is 3.43. The Hall–Kier alpha value is -2.11. The molecule has 0 radical (unpaired) electrons. The van der Waals surface area contributed by atoms with E-state index in [-0.39, 0.29) is 6.04 Å². The summed E-state index contributed by atoms with van der Waals surface area (Å²) in [4.78, 5) is 1.33. The molecular weight excluding hydrogens is 318 g/mol. The summed E-state index contributed by atoms with van der Waals surface area (Å²) in [5, 5.41) is 7.24. The van der Waals surface area contributed by atoms with Gasteiger partial charge in [0, 0.05) is 11.3 Å². The number of hydrogen-bond donors (Lipinski definition) is 3. The van der Waals surface area contributed by atoms with E-state index in [1.807, 2.05) is 30.3 Å². The summed E-state index contributed by atoms with van der Waals surface area (Å²) in [6.07, 6.45) is 0. The molecule has 3 N–H and O–H groups in total. The van der Waals surface area contributed by atoms with Crippen molar-refractivity contribution in [1.82, 2.24) is 5.32 Å². The molecule has 24 heavy (non-hydrogen) atoms. The first-order chi connectivity index (χ1) is 11.5. The van der Waals surface area contributed by atoms with Gasteiger partial charge in [0.05, 0.1) is 27.7 Å². The number of anilines is 1. The Balaban J connectivity index is 2.01. The van der Waals surface area contributed by atoms with Gasteiger partial charge < -0.3 is 20.3 Å². The second kappa shape index (κ2) is 8.66. The van der Waals surface area contributed by atoms with Crippen molar-refractivity contribution in [3.05, 3.63) is 59.7 Å². The minimum atomic E-state index is 0.275. The lowest BCUT2D eigenvalue weighted by Gasteiger charge is -2.23. The van der Waals surface area contributed by atoms with E-state index in [1.165, 1.54) is 16.0 Å². The summed E-state index contributed by atoms with van der Waals surface area (Å²) >= 11 is 5.44. The highest BCUT2D eigenvalue weighted by Gasteiger charge is 2.18. The molecule has 128 valence electrons. The van der Waals surface area contributed by atoms with E-state index in [9.17, 15) is 0 Å². The van der Waals surface area contributed by atoms with Crippen LogP contribution in [-0.4, -0.2) is 32.9 Å². The number of nitrogens with one attached hydrogen (secondary N) is 3. The lowest BCUT2D eigenvalue weighted by Crippen LogP contribution is -3.07. The molecule has 0 aromatic heterocycles. The third-order valence-corrected chi connectivity index (χ3v) is 4.30. The third kappa shape index (κ3) is 4.94. The van der Waals surface area contributed by atoms with Crippen molar-refractivity contribution in [3.63, 3.8) is 0 Å². The maximum absolute atomic E-state index is 5.44. The number of hydrogen-bond acceptors (Lipinski definition) is 2. The highest BCUT2D eigenvalue weighted by molar-refractivity contribution is 7.80. The van der Waals surface area contributed by atoms with Crippen LogP contribution in [0.5, 0.6) is 5.75 Å². The predicted molar refractivity (Wildman–Crippen MR) is 104 cm³/mol. The monoisotopic (exact) mass is 344 g/mol. The Kier molecular flexibility index (Phi) is 6.58. The lowest BCUT2D eigenvalue weighted by molar-refractivity contribution is -0.890. The maximum atomic E-state index is 5.44. The van der Waals surface area contributed by atoms with E-state index in [4.69, 9.17) is 17.0 Å². The Labute approximate surface area is 149 Å². The van der Waals surface area contributed by atoms with Crippen LogP contribution in [0.3, 0.4) is 0 Å². The lowest BCUT2D eigenvalue weighted by atomic mass is 10.1. The zero-order valence-electron chi connectivity index (χ0n) is 14.7. The van der Waals surface area contributed by atoms with Gasteiger partial charge in [-0.15, -0.1) is 0 Å². The standard InChI is InChI=1S/C19H25N3OS/c1-14-8-5-6-11-17(14)21-19(24)20-13-18(22(2)3)15-9-7-10-16(12-15)23-4/h5-12,18H,13H2,1-4H3,(H2,20,21,24)/p+1/t18-/m1/s1. The first-order valence-corrected chi connectivity index (χ1v) is 8.46. The largest absolute Gasteiger partial charge is 0.497 e. The van der Waals surface area contributed by atoms with E-state index >= 15 is 0 Å². The molecule has 0 aliphatic carbocycles. The van der Waals surface area contributed by atoms with Crippen LogP contribution in [0.2, 0.25) is 0 Å². The number of para-hydroxylation sites is 1. The Morgan fingerprint density at radius 1 is 1.17 bits per heavy atom. The van der Waals surface area contributed by atoms with Crippen molar-refractivity contribution in [3.8, 4) is 5.75 Å². The molecule has 0 fully saturated rings. The summed E-state index contributed by atoms with van der Waals surface area (Å²) in [6.45, 7) is 2.81. The summed E-state index contributed by atoms with van der Waals surface area (Å²) in [7, 11) is 5.98. The molecule has 0 bridgehead atoms. The van der Waals surface area contributed by atoms with Crippen LogP contribution in [0.25, 0.3) is 0 Å². The first kappa shape index (κ1) is 18.2. The number of thiocarbonyl (C=S) groups is 1. The number of methoxy groups -OCH3 is 1. The summed E-state index contributed by atoms with van der Waals surface area (Å²) in [5.74, 6) is 0.874. The quantitative estimate of drug-likeness (QED) is 0.702. The SMILES string of the molecule is COc1cccc([C@@H](CNC(=S)Nc2ccccc2C)[NH+](C)C)c1. The zero-order chi connectivity index (χ0) is 17.5. The molecule has 4 nitrogen and oxygen atoms in total. The fourth-order valence-corrected chi connectivity index (χ4v) is 2.78. The van der Waals surface area contributed by atoms with Gasteiger partial charge in [-0.05, 0) is 42.9 Å². The number of ether oxygens (including phenoxy) is 1. The highest BCUT2D eigenvalue weighted by atomic mass is 32.1. The van der Waals surface area contributed by atoms with Gasteiger partial charge in [0.2, 0.25) is 0 Å². The molecule has 0 unspecified atom stereocenters. The third-order valence-electron chi connectivity index (χ3n) is 4.05. The minimum Gasteiger partial charge on any atom is -0.497 e.